The third-order valence-corrected chi connectivity index (χ3v) is 3.79. The van der Waals surface area contributed by atoms with E-state index in [0.29, 0.717) is 12.1 Å². The lowest BCUT2D eigenvalue weighted by atomic mass is 9.90. The fourth-order valence-corrected chi connectivity index (χ4v) is 2.98. The molecule has 2 heterocycles. The number of anilines is 1. The van der Waals surface area contributed by atoms with E-state index in [1.54, 1.807) is 0 Å². The normalized spacial score (nSPS) is 28.9. The third-order valence-electron chi connectivity index (χ3n) is 3.79. The highest BCUT2D eigenvalue weighted by molar-refractivity contribution is 5.40. The molecule has 1 aromatic rings. The molecule has 2 fully saturated rings. The summed E-state index contributed by atoms with van der Waals surface area (Å²) in [6.07, 6.45) is 7.31. The Morgan fingerprint density at radius 2 is 2.24 bits per heavy atom. The number of fused-ring (bicyclic) bond motifs is 1. The number of hydrogen-bond donors (Lipinski definition) is 0. The van der Waals surface area contributed by atoms with Crippen molar-refractivity contribution >= 4 is 5.82 Å². The highest BCUT2D eigenvalue weighted by Gasteiger charge is 2.34. The molecule has 1 aliphatic carbocycles. The number of nitrogens with zero attached hydrogens (tertiary/aromatic N) is 3. The van der Waals surface area contributed by atoms with E-state index in [4.69, 9.17) is 4.74 Å². The molecule has 2 aliphatic rings. The second-order valence-electron chi connectivity index (χ2n) is 4.92. The zero-order chi connectivity index (χ0) is 11.7. The Bertz CT molecular complexity index is 394. The van der Waals surface area contributed by atoms with Crippen molar-refractivity contribution in [1.29, 1.82) is 0 Å². The van der Waals surface area contributed by atoms with Crippen LogP contribution in [-0.4, -0.2) is 35.3 Å². The second kappa shape index (κ2) is 4.61. The molecule has 1 aromatic heterocycles. The summed E-state index contributed by atoms with van der Waals surface area (Å²) in [5, 5.41) is 0. The first-order valence-corrected chi connectivity index (χ1v) is 6.52. The van der Waals surface area contributed by atoms with Crippen LogP contribution in [0.5, 0.6) is 0 Å². The van der Waals surface area contributed by atoms with Crippen LogP contribution in [0.3, 0.4) is 0 Å². The first-order chi connectivity index (χ1) is 8.34. The first-order valence-electron chi connectivity index (χ1n) is 6.52. The van der Waals surface area contributed by atoms with Crippen LogP contribution in [-0.2, 0) is 4.74 Å². The zero-order valence-corrected chi connectivity index (χ0v) is 10.3. The third kappa shape index (κ3) is 2.14. The number of rotatable bonds is 1. The second-order valence-corrected chi connectivity index (χ2v) is 4.92. The molecule has 0 unspecified atom stereocenters. The minimum Gasteiger partial charge on any atom is -0.374 e. The Morgan fingerprint density at radius 1 is 1.35 bits per heavy atom. The zero-order valence-electron chi connectivity index (χ0n) is 10.3. The maximum Gasteiger partial charge on any atom is 0.132 e. The van der Waals surface area contributed by atoms with Gasteiger partial charge in [0.25, 0.3) is 0 Å². The number of aromatic nitrogens is 2. The highest BCUT2D eigenvalue weighted by Crippen LogP contribution is 2.30. The quantitative estimate of drug-likeness (QED) is 0.743. The van der Waals surface area contributed by atoms with E-state index in [2.05, 4.69) is 14.9 Å². The minimum absolute atomic E-state index is 0.410. The van der Waals surface area contributed by atoms with Gasteiger partial charge in [-0.2, -0.15) is 0 Å². The van der Waals surface area contributed by atoms with Gasteiger partial charge in [-0.3, -0.25) is 0 Å². The van der Waals surface area contributed by atoms with E-state index in [1.807, 2.05) is 19.2 Å². The molecule has 0 aromatic carbocycles. The smallest absolute Gasteiger partial charge is 0.132 e. The van der Waals surface area contributed by atoms with Gasteiger partial charge in [0.2, 0.25) is 0 Å². The summed E-state index contributed by atoms with van der Waals surface area (Å²) in [6.45, 7) is 3.73. The van der Waals surface area contributed by atoms with Crippen LogP contribution in [0.2, 0.25) is 0 Å². The lowest BCUT2D eigenvalue weighted by molar-refractivity contribution is -0.00900. The Balaban J connectivity index is 1.85. The predicted molar refractivity (Wildman–Crippen MR) is 66.1 cm³/mol. The van der Waals surface area contributed by atoms with Crippen LogP contribution < -0.4 is 4.90 Å². The topological polar surface area (TPSA) is 38.2 Å². The van der Waals surface area contributed by atoms with Crippen molar-refractivity contribution in [3.8, 4) is 0 Å². The maximum absolute atomic E-state index is 5.88. The number of hydrogen-bond acceptors (Lipinski definition) is 4. The summed E-state index contributed by atoms with van der Waals surface area (Å²) in [5.74, 6) is 1.92. The molecular weight excluding hydrogens is 214 g/mol. The fraction of sp³-hybridized carbons (Fsp3) is 0.692. The van der Waals surface area contributed by atoms with Crippen LogP contribution in [0.1, 0.15) is 31.5 Å². The molecule has 0 bridgehead atoms. The van der Waals surface area contributed by atoms with E-state index in [-0.39, 0.29) is 0 Å². The largest absolute Gasteiger partial charge is 0.374 e. The Hall–Kier alpha value is -1.16. The van der Waals surface area contributed by atoms with E-state index < -0.39 is 0 Å². The van der Waals surface area contributed by atoms with Crippen molar-refractivity contribution in [3.05, 3.63) is 18.1 Å². The van der Waals surface area contributed by atoms with Crippen molar-refractivity contribution in [2.24, 2.45) is 0 Å². The summed E-state index contributed by atoms with van der Waals surface area (Å²) in [5.41, 5.74) is 0. The molecule has 1 saturated heterocycles. The van der Waals surface area contributed by atoms with Crippen molar-refractivity contribution in [2.75, 3.05) is 18.1 Å². The fourth-order valence-electron chi connectivity index (χ4n) is 2.98. The molecule has 0 amide bonds. The number of morpholine rings is 1. The van der Waals surface area contributed by atoms with Gasteiger partial charge in [0.15, 0.2) is 0 Å². The summed E-state index contributed by atoms with van der Waals surface area (Å²) >= 11 is 0. The number of aryl methyl sites for hydroxylation is 1. The van der Waals surface area contributed by atoms with E-state index >= 15 is 0 Å². The summed E-state index contributed by atoms with van der Waals surface area (Å²) < 4.78 is 5.88. The average Bonchev–Trinajstić information content (AvgIpc) is 2.38. The molecule has 92 valence electrons. The van der Waals surface area contributed by atoms with Crippen molar-refractivity contribution in [3.63, 3.8) is 0 Å². The monoisotopic (exact) mass is 233 g/mol. The van der Waals surface area contributed by atoms with Gasteiger partial charge in [0, 0.05) is 12.7 Å². The molecule has 0 N–H and O–H groups in total. The molecule has 2 atom stereocenters. The van der Waals surface area contributed by atoms with Gasteiger partial charge in [-0.25, -0.2) is 9.97 Å². The lowest BCUT2D eigenvalue weighted by Gasteiger charge is -2.44. The standard InChI is InChI=1S/C13H19N3O/c1-10-14-7-6-13(15-10)16-8-9-17-12-5-3-2-4-11(12)16/h6-7,11-12H,2-5,8-9H2,1H3/t11-,12+/m1/s1. The molecule has 4 heteroatoms. The van der Waals surface area contributed by atoms with Gasteiger partial charge in [-0.1, -0.05) is 12.8 Å². The first kappa shape index (κ1) is 11.0. The molecule has 17 heavy (non-hydrogen) atoms. The van der Waals surface area contributed by atoms with Crippen LogP contribution in [0.15, 0.2) is 12.3 Å². The predicted octanol–water partition coefficient (Wildman–Crippen LogP) is 1.93. The van der Waals surface area contributed by atoms with Gasteiger partial charge >= 0.3 is 0 Å². The van der Waals surface area contributed by atoms with Gasteiger partial charge in [-0.05, 0) is 25.8 Å². The Labute approximate surface area is 102 Å². The molecule has 0 spiro atoms. The average molecular weight is 233 g/mol. The van der Waals surface area contributed by atoms with Gasteiger partial charge in [0.05, 0.1) is 18.8 Å². The van der Waals surface area contributed by atoms with Crippen molar-refractivity contribution in [2.45, 2.75) is 44.8 Å². The van der Waals surface area contributed by atoms with Crippen molar-refractivity contribution in [1.82, 2.24) is 9.97 Å². The summed E-state index contributed by atoms with van der Waals surface area (Å²) in [7, 11) is 0. The Morgan fingerprint density at radius 3 is 3.12 bits per heavy atom. The van der Waals surface area contributed by atoms with E-state index in [0.717, 1.165) is 24.8 Å². The lowest BCUT2D eigenvalue weighted by Crippen LogP contribution is -2.53. The molecular formula is C13H19N3O. The van der Waals surface area contributed by atoms with Crippen LogP contribution in [0, 0.1) is 6.92 Å². The van der Waals surface area contributed by atoms with E-state index in [1.165, 1.54) is 25.7 Å². The molecule has 0 radical (unpaired) electrons. The SMILES string of the molecule is Cc1nccc(N2CCO[C@H]3CCCC[C@H]32)n1. The molecule has 1 saturated carbocycles. The molecule has 3 rings (SSSR count). The van der Waals surface area contributed by atoms with Gasteiger partial charge in [0.1, 0.15) is 11.6 Å². The Kier molecular flexibility index (Phi) is 2.97. The van der Waals surface area contributed by atoms with Crippen molar-refractivity contribution < 1.29 is 4.74 Å². The molecule has 4 nitrogen and oxygen atoms in total. The van der Waals surface area contributed by atoms with Crippen LogP contribution in [0.25, 0.3) is 0 Å². The summed E-state index contributed by atoms with van der Waals surface area (Å²) in [6, 6.07) is 2.54. The van der Waals surface area contributed by atoms with Gasteiger partial charge in [-0.15, -0.1) is 0 Å². The van der Waals surface area contributed by atoms with E-state index in [9.17, 15) is 0 Å². The van der Waals surface area contributed by atoms with Crippen LogP contribution in [0.4, 0.5) is 5.82 Å². The van der Waals surface area contributed by atoms with Crippen LogP contribution >= 0.6 is 0 Å². The number of ether oxygens (including phenoxy) is 1. The summed E-state index contributed by atoms with van der Waals surface area (Å²) in [4.78, 5) is 11.1. The highest BCUT2D eigenvalue weighted by atomic mass is 16.5. The minimum atomic E-state index is 0.410. The maximum atomic E-state index is 5.88. The molecule has 1 aliphatic heterocycles. The van der Waals surface area contributed by atoms with Gasteiger partial charge < -0.3 is 9.64 Å².